The molecule has 3 heteroatoms. The van der Waals surface area contributed by atoms with Crippen molar-refractivity contribution >= 4 is 5.97 Å². The van der Waals surface area contributed by atoms with Crippen LogP contribution in [0.2, 0.25) is 0 Å². The molecule has 0 aliphatic rings. The number of carboxylic acids is 1. The van der Waals surface area contributed by atoms with Gasteiger partial charge in [-0.05, 0) is 25.0 Å². The minimum Gasteiger partial charge on any atom is -0.481 e. The molecule has 0 atom stereocenters. The van der Waals surface area contributed by atoms with Crippen molar-refractivity contribution in [1.29, 1.82) is 0 Å². The average Bonchev–Trinajstić information content (AvgIpc) is 2.32. The number of hydrogen-bond acceptors (Lipinski definition) is 2. The van der Waals surface area contributed by atoms with Gasteiger partial charge in [0.1, 0.15) is 0 Å². The maximum Gasteiger partial charge on any atom is 0.313 e. The van der Waals surface area contributed by atoms with Crippen molar-refractivity contribution < 1.29 is 14.6 Å². The van der Waals surface area contributed by atoms with Crippen molar-refractivity contribution in [3.63, 3.8) is 0 Å². The van der Waals surface area contributed by atoms with Crippen molar-refractivity contribution in [2.45, 2.75) is 39.7 Å². The molecule has 0 saturated heterocycles. The van der Waals surface area contributed by atoms with Gasteiger partial charge in [-0.3, -0.25) is 4.79 Å². The Hall–Kier alpha value is -1.35. The first kappa shape index (κ1) is 15.7. The Labute approximate surface area is 103 Å². The van der Waals surface area contributed by atoms with Crippen molar-refractivity contribution in [3.8, 4) is 0 Å². The highest BCUT2D eigenvalue weighted by Gasteiger charge is 2.28. The molecule has 3 nitrogen and oxygen atoms in total. The topological polar surface area (TPSA) is 46.5 Å². The monoisotopic (exact) mass is 238 g/mol. The van der Waals surface area contributed by atoms with Crippen molar-refractivity contribution in [2.24, 2.45) is 0 Å². The predicted octanol–water partition coefficient (Wildman–Crippen LogP) is 3.22. The summed E-state index contributed by atoms with van der Waals surface area (Å²) in [4.78, 5) is 11.0. The summed E-state index contributed by atoms with van der Waals surface area (Å²) in [6, 6.07) is 7.46. The van der Waals surface area contributed by atoms with Gasteiger partial charge < -0.3 is 9.84 Å². The number of carbonyl (C=O) groups is 1. The normalized spacial score (nSPS) is 10.4. The van der Waals surface area contributed by atoms with E-state index in [1.54, 1.807) is 21.0 Å². The Balaban J connectivity index is 0.00000121. The number of aliphatic carboxylic acids is 1. The Morgan fingerprint density at radius 1 is 1.24 bits per heavy atom. The van der Waals surface area contributed by atoms with Crippen LogP contribution in [-0.4, -0.2) is 18.2 Å². The highest BCUT2D eigenvalue weighted by molar-refractivity contribution is 5.80. The molecule has 0 unspecified atom stereocenters. The highest BCUT2D eigenvalue weighted by atomic mass is 16.5. The molecule has 0 amide bonds. The number of carboxylic acid groups (broad SMARTS) is 1. The first-order chi connectivity index (χ1) is 7.98. The third-order valence-electron chi connectivity index (χ3n) is 2.52. The van der Waals surface area contributed by atoms with Crippen LogP contribution in [0.25, 0.3) is 0 Å². The van der Waals surface area contributed by atoms with Crippen LogP contribution in [0, 0.1) is 0 Å². The molecule has 0 heterocycles. The van der Waals surface area contributed by atoms with Crippen LogP contribution in [0.3, 0.4) is 0 Å². The Kier molecular flexibility index (Phi) is 6.51. The number of hydrogen-bond donors (Lipinski definition) is 1. The van der Waals surface area contributed by atoms with Gasteiger partial charge in [-0.25, -0.2) is 0 Å². The Bertz CT molecular complexity index is 339. The lowest BCUT2D eigenvalue weighted by Gasteiger charge is -2.19. The molecule has 0 bridgehead atoms. The van der Waals surface area contributed by atoms with E-state index in [0.29, 0.717) is 6.61 Å². The molecule has 0 aliphatic carbocycles. The average molecular weight is 238 g/mol. The Morgan fingerprint density at radius 2 is 1.71 bits per heavy atom. The molecule has 0 spiro atoms. The first-order valence-corrected chi connectivity index (χ1v) is 5.80. The van der Waals surface area contributed by atoms with E-state index in [1.807, 2.05) is 38.1 Å². The van der Waals surface area contributed by atoms with Gasteiger partial charge in [0, 0.05) is 7.11 Å². The molecule has 17 heavy (non-hydrogen) atoms. The summed E-state index contributed by atoms with van der Waals surface area (Å²) >= 11 is 0. The third-order valence-corrected chi connectivity index (χ3v) is 2.52. The maximum atomic E-state index is 11.0. The zero-order chi connectivity index (χ0) is 13.5. The molecule has 1 aromatic carbocycles. The van der Waals surface area contributed by atoms with Crippen LogP contribution in [0.15, 0.2) is 24.3 Å². The molecule has 0 aliphatic heterocycles. The minimum absolute atomic E-state index is 0.549. The standard InChI is InChI=1S/C12H16O3.C2H6/c1-12(2,11(13)14)10-6-4-9(5-7-10)8-15-3;1-2/h4-7H,8H2,1-3H3,(H,13,14);1-2H3. The first-order valence-electron chi connectivity index (χ1n) is 5.80. The number of benzene rings is 1. The van der Waals surface area contributed by atoms with Gasteiger partial charge in [-0.2, -0.15) is 0 Å². The molecule has 96 valence electrons. The van der Waals surface area contributed by atoms with Gasteiger partial charge in [0.2, 0.25) is 0 Å². The second kappa shape index (κ2) is 7.07. The Morgan fingerprint density at radius 3 is 2.06 bits per heavy atom. The van der Waals surface area contributed by atoms with E-state index in [4.69, 9.17) is 9.84 Å². The summed E-state index contributed by atoms with van der Waals surface area (Å²) in [5.74, 6) is -0.818. The lowest BCUT2D eigenvalue weighted by atomic mass is 9.84. The second-order valence-corrected chi connectivity index (χ2v) is 4.06. The van der Waals surface area contributed by atoms with Crippen molar-refractivity contribution in [2.75, 3.05) is 7.11 Å². The summed E-state index contributed by atoms with van der Waals surface area (Å²) in [5, 5.41) is 9.04. The molecule has 1 aromatic rings. The molecule has 0 radical (unpaired) electrons. The molecule has 0 saturated carbocycles. The van der Waals surface area contributed by atoms with Crippen LogP contribution in [-0.2, 0) is 21.6 Å². The summed E-state index contributed by atoms with van der Waals surface area (Å²) < 4.78 is 4.98. The molecule has 0 aromatic heterocycles. The van der Waals surface area contributed by atoms with E-state index in [-0.39, 0.29) is 0 Å². The molecule has 1 N–H and O–H groups in total. The van der Waals surface area contributed by atoms with Crippen LogP contribution in [0.5, 0.6) is 0 Å². The van der Waals surface area contributed by atoms with Gasteiger partial charge in [-0.1, -0.05) is 38.1 Å². The maximum absolute atomic E-state index is 11.0. The number of methoxy groups -OCH3 is 1. The second-order valence-electron chi connectivity index (χ2n) is 4.06. The molecular formula is C14H22O3. The fraction of sp³-hybridized carbons (Fsp3) is 0.500. The fourth-order valence-corrected chi connectivity index (χ4v) is 1.31. The van der Waals surface area contributed by atoms with E-state index in [0.717, 1.165) is 11.1 Å². The van der Waals surface area contributed by atoms with E-state index in [2.05, 4.69) is 0 Å². The van der Waals surface area contributed by atoms with Gasteiger partial charge in [0.25, 0.3) is 0 Å². The summed E-state index contributed by atoms with van der Waals surface area (Å²) in [5.41, 5.74) is 1.00. The number of rotatable bonds is 4. The minimum atomic E-state index is -0.842. The fourth-order valence-electron chi connectivity index (χ4n) is 1.31. The lowest BCUT2D eigenvalue weighted by Crippen LogP contribution is -2.28. The van der Waals surface area contributed by atoms with Crippen LogP contribution >= 0.6 is 0 Å². The predicted molar refractivity (Wildman–Crippen MR) is 69.2 cm³/mol. The van der Waals surface area contributed by atoms with Crippen molar-refractivity contribution in [1.82, 2.24) is 0 Å². The molecular weight excluding hydrogens is 216 g/mol. The highest BCUT2D eigenvalue weighted by Crippen LogP contribution is 2.23. The molecule has 1 rings (SSSR count). The van der Waals surface area contributed by atoms with Gasteiger partial charge in [0.15, 0.2) is 0 Å². The number of ether oxygens (including phenoxy) is 1. The van der Waals surface area contributed by atoms with Crippen LogP contribution in [0.4, 0.5) is 0 Å². The van der Waals surface area contributed by atoms with E-state index in [1.165, 1.54) is 0 Å². The quantitative estimate of drug-likeness (QED) is 0.876. The van der Waals surface area contributed by atoms with E-state index in [9.17, 15) is 4.79 Å². The third kappa shape index (κ3) is 4.19. The van der Waals surface area contributed by atoms with E-state index < -0.39 is 11.4 Å². The summed E-state index contributed by atoms with van der Waals surface area (Å²) in [7, 11) is 1.63. The zero-order valence-electron chi connectivity index (χ0n) is 11.3. The van der Waals surface area contributed by atoms with Crippen LogP contribution < -0.4 is 0 Å². The van der Waals surface area contributed by atoms with Gasteiger partial charge >= 0.3 is 5.97 Å². The summed E-state index contributed by atoms with van der Waals surface area (Å²) in [6.07, 6.45) is 0. The lowest BCUT2D eigenvalue weighted by molar-refractivity contribution is -0.142. The smallest absolute Gasteiger partial charge is 0.313 e. The zero-order valence-corrected chi connectivity index (χ0v) is 11.3. The van der Waals surface area contributed by atoms with Crippen molar-refractivity contribution in [3.05, 3.63) is 35.4 Å². The van der Waals surface area contributed by atoms with Gasteiger partial charge in [0.05, 0.1) is 12.0 Å². The SMILES string of the molecule is CC.COCc1ccc(C(C)(C)C(=O)O)cc1. The van der Waals surface area contributed by atoms with Crippen LogP contribution in [0.1, 0.15) is 38.8 Å². The van der Waals surface area contributed by atoms with E-state index >= 15 is 0 Å². The van der Waals surface area contributed by atoms with Gasteiger partial charge in [-0.15, -0.1) is 0 Å². The largest absolute Gasteiger partial charge is 0.481 e. The molecule has 0 fully saturated rings. The summed E-state index contributed by atoms with van der Waals surface area (Å²) in [6.45, 7) is 7.94.